The van der Waals surface area contributed by atoms with Gasteiger partial charge >= 0.3 is 0 Å². The topological polar surface area (TPSA) is 47.8 Å². The summed E-state index contributed by atoms with van der Waals surface area (Å²) in [5, 5.41) is 4.56. The first-order chi connectivity index (χ1) is 9.19. The molecule has 0 atom stereocenters. The van der Waals surface area contributed by atoms with Crippen LogP contribution < -0.4 is 0 Å². The molecule has 19 heavy (non-hydrogen) atoms. The van der Waals surface area contributed by atoms with Crippen molar-refractivity contribution < 1.29 is 4.79 Å². The van der Waals surface area contributed by atoms with Crippen LogP contribution in [0, 0.1) is 0 Å². The largest absolute Gasteiger partial charge is 0.287 e. The Hall–Kier alpha value is -1.68. The summed E-state index contributed by atoms with van der Waals surface area (Å²) in [6.45, 7) is 4.72. The van der Waals surface area contributed by atoms with Gasteiger partial charge in [0.15, 0.2) is 0 Å². The first-order valence-electron chi connectivity index (χ1n) is 6.37. The van der Waals surface area contributed by atoms with E-state index >= 15 is 0 Å². The Balaban J connectivity index is 2.47. The molecule has 0 amide bonds. The van der Waals surface area contributed by atoms with E-state index in [2.05, 4.69) is 10.1 Å². The van der Waals surface area contributed by atoms with E-state index in [-0.39, 0.29) is 5.78 Å². The molecule has 2 heterocycles. The van der Waals surface area contributed by atoms with Crippen LogP contribution in [0.15, 0.2) is 24.7 Å². The van der Waals surface area contributed by atoms with E-state index in [9.17, 15) is 4.79 Å². The number of ketones is 1. The lowest BCUT2D eigenvalue weighted by Crippen LogP contribution is -2.13. The Morgan fingerprint density at radius 2 is 2.16 bits per heavy atom. The average Bonchev–Trinajstić information content (AvgIpc) is 2.79. The summed E-state index contributed by atoms with van der Waals surface area (Å²) >= 11 is 6.10. The van der Waals surface area contributed by atoms with Crippen molar-refractivity contribution in [2.24, 2.45) is 0 Å². The standard InChI is InChI=1S/C14H16ClN3O/c1-3-7-18-13(12(15)9-17-18)14(19)11-5-6-16-8-10(11)4-2/h5-6,8-9H,3-4,7H2,1-2H3. The van der Waals surface area contributed by atoms with Crippen LogP contribution in [0.3, 0.4) is 0 Å². The molecule has 0 unspecified atom stereocenters. The summed E-state index contributed by atoms with van der Waals surface area (Å²) in [5.74, 6) is -0.0878. The van der Waals surface area contributed by atoms with Gasteiger partial charge in [0.05, 0.1) is 11.2 Å². The molecule has 0 fully saturated rings. The molecular formula is C14H16ClN3O. The van der Waals surface area contributed by atoms with Gasteiger partial charge in [0.25, 0.3) is 0 Å². The molecule has 0 aliphatic heterocycles. The van der Waals surface area contributed by atoms with Crippen molar-refractivity contribution in [3.05, 3.63) is 46.5 Å². The number of aryl methyl sites for hydroxylation is 2. The van der Waals surface area contributed by atoms with Gasteiger partial charge in [-0.25, -0.2) is 0 Å². The number of rotatable bonds is 5. The Morgan fingerprint density at radius 3 is 2.84 bits per heavy atom. The van der Waals surface area contributed by atoms with Crippen molar-refractivity contribution in [1.29, 1.82) is 0 Å². The minimum absolute atomic E-state index is 0.0878. The molecule has 100 valence electrons. The maximum Gasteiger partial charge on any atom is 0.212 e. The SMILES string of the molecule is CCCn1ncc(Cl)c1C(=O)c1ccncc1CC. The highest BCUT2D eigenvalue weighted by Crippen LogP contribution is 2.21. The molecule has 2 rings (SSSR count). The van der Waals surface area contributed by atoms with Gasteiger partial charge in [-0.15, -0.1) is 0 Å². The predicted molar refractivity (Wildman–Crippen MR) is 74.6 cm³/mol. The van der Waals surface area contributed by atoms with Gasteiger partial charge in [-0.1, -0.05) is 25.4 Å². The number of pyridine rings is 1. The molecule has 0 aliphatic rings. The zero-order valence-electron chi connectivity index (χ0n) is 11.1. The molecule has 0 bridgehead atoms. The summed E-state index contributed by atoms with van der Waals surface area (Å²) in [4.78, 5) is 16.7. The molecular weight excluding hydrogens is 262 g/mol. The molecule has 5 heteroatoms. The maximum atomic E-state index is 12.6. The smallest absolute Gasteiger partial charge is 0.212 e. The van der Waals surface area contributed by atoms with Crippen molar-refractivity contribution in [1.82, 2.24) is 14.8 Å². The highest BCUT2D eigenvalue weighted by atomic mass is 35.5. The number of carbonyl (C=O) groups is 1. The monoisotopic (exact) mass is 277 g/mol. The Kier molecular flexibility index (Phi) is 4.32. The maximum absolute atomic E-state index is 12.6. The number of halogens is 1. The van der Waals surface area contributed by atoms with Crippen molar-refractivity contribution in [3.8, 4) is 0 Å². The molecule has 4 nitrogen and oxygen atoms in total. The van der Waals surface area contributed by atoms with Crippen LogP contribution in [0.25, 0.3) is 0 Å². The van der Waals surface area contributed by atoms with Crippen molar-refractivity contribution in [2.45, 2.75) is 33.2 Å². The van der Waals surface area contributed by atoms with E-state index in [0.717, 1.165) is 18.4 Å². The van der Waals surface area contributed by atoms with Crippen LogP contribution in [-0.4, -0.2) is 20.5 Å². The molecule has 2 aromatic heterocycles. The number of nitrogens with zero attached hydrogens (tertiary/aromatic N) is 3. The van der Waals surface area contributed by atoms with E-state index < -0.39 is 0 Å². The summed E-state index contributed by atoms with van der Waals surface area (Å²) < 4.78 is 1.67. The third kappa shape index (κ3) is 2.68. The van der Waals surface area contributed by atoms with Gasteiger partial charge < -0.3 is 0 Å². The van der Waals surface area contributed by atoms with Gasteiger partial charge in [-0.2, -0.15) is 5.10 Å². The molecule has 0 aliphatic carbocycles. The molecule has 2 aromatic rings. The number of carbonyl (C=O) groups excluding carboxylic acids is 1. The number of aromatic nitrogens is 3. The lowest BCUT2D eigenvalue weighted by Gasteiger charge is -2.08. The second-order valence-electron chi connectivity index (χ2n) is 4.28. The van der Waals surface area contributed by atoms with Gasteiger partial charge in [0, 0.05) is 24.5 Å². The molecule has 0 spiro atoms. The molecule has 0 N–H and O–H groups in total. The van der Waals surface area contributed by atoms with Crippen molar-refractivity contribution >= 4 is 17.4 Å². The van der Waals surface area contributed by atoms with E-state index in [1.54, 1.807) is 23.1 Å². The molecule has 0 saturated heterocycles. The fourth-order valence-electron chi connectivity index (χ4n) is 2.03. The lowest BCUT2D eigenvalue weighted by molar-refractivity contribution is 0.102. The first kappa shape index (κ1) is 13.7. The Bertz CT molecular complexity index is 592. The van der Waals surface area contributed by atoms with Crippen LogP contribution in [-0.2, 0) is 13.0 Å². The van der Waals surface area contributed by atoms with Gasteiger partial charge in [0.2, 0.25) is 5.78 Å². The van der Waals surface area contributed by atoms with Gasteiger partial charge in [-0.3, -0.25) is 14.5 Å². The quantitative estimate of drug-likeness (QED) is 0.789. The number of hydrogen-bond acceptors (Lipinski definition) is 3. The summed E-state index contributed by atoms with van der Waals surface area (Å²) in [7, 11) is 0. The minimum atomic E-state index is -0.0878. The van der Waals surface area contributed by atoms with Crippen LogP contribution in [0.1, 0.15) is 41.9 Å². The summed E-state index contributed by atoms with van der Waals surface area (Å²) in [6, 6.07) is 1.74. The average molecular weight is 278 g/mol. The lowest BCUT2D eigenvalue weighted by atomic mass is 10.0. The normalized spacial score (nSPS) is 10.7. The van der Waals surface area contributed by atoms with Crippen LogP contribution in [0.5, 0.6) is 0 Å². The van der Waals surface area contributed by atoms with Crippen molar-refractivity contribution in [3.63, 3.8) is 0 Å². The van der Waals surface area contributed by atoms with Crippen LogP contribution in [0.4, 0.5) is 0 Å². The Labute approximate surface area is 117 Å². The highest BCUT2D eigenvalue weighted by molar-refractivity contribution is 6.34. The molecule has 0 radical (unpaired) electrons. The third-order valence-electron chi connectivity index (χ3n) is 2.97. The van der Waals surface area contributed by atoms with Crippen molar-refractivity contribution in [2.75, 3.05) is 0 Å². The molecule has 0 saturated carbocycles. The highest BCUT2D eigenvalue weighted by Gasteiger charge is 2.20. The second kappa shape index (κ2) is 5.97. The van der Waals surface area contributed by atoms with E-state index in [1.165, 1.54) is 6.20 Å². The second-order valence-corrected chi connectivity index (χ2v) is 4.69. The fourth-order valence-corrected chi connectivity index (χ4v) is 2.25. The fraction of sp³-hybridized carbons (Fsp3) is 0.357. The molecule has 0 aromatic carbocycles. The van der Waals surface area contributed by atoms with E-state index in [1.807, 2.05) is 13.8 Å². The number of hydrogen-bond donors (Lipinski definition) is 0. The minimum Gasteiger partial charge on any atom is -0.287 e. The van der Waals surface area contributed by atoms with Crippen LogP contribution in [0.2, 0.25) is 5.02 Å². The summed E-state index contributed by atoms with van der Waals surface area (Å²) in [5.41, 5.74) is 2.04. The third-order valence-corrected chi connectivity index (χ3v) is 3.25. The Morgan fingerprint density at radius 1 is 1.37 bits per heavy atom. The van der Waals surface area contributed by atoms with E-state index in [4.69, 9.17) is 11.6 Å². The van der Waals surface area contributed by atoms with Gasteiger partial charge in [-0.05, 0) is 24.5 Å². The van der Waals surface area contributed by atoms with Crippen LogP contribution >= 0.6 is 11.6 Å². The summed E-state index contributed by atoms with van der Waals surface area (Å²) in [6.07, 6.45) is 6.53. The van der Waals surface area contributed by atoms with E-state index in [0.29, 0.717) is 22.8 Å². The zero-order chi connectivity index (χ0) is 13.8. The predicted octanol–water partition coefficient (Wildman–Crippen LogP) is 3.13. The van der Waals surface area contributed by atoms with Gasteiger partial charge in [0.1, 0.15) is 5.69 Å². The first-order valence-corrected chi connectivity index (χ1v) is 6.75. The zero-order valence-corrected chi connectivity index (χ0v) is 11.8.